The number of nitrogens with zero attached hydrogens (tertiary/aromatic N) is 2. The molecule has 5 heteroatoms. The van der Waals surface area contributed by atoms with Gasteiger partial charge >= 0.3 is 0 Å². The van der Waals surface area contributed by atoms with E-state index < -0.39 is 0 Å². The number of hydrogen-bond acceptors (Lipinski definition) is 3. The third-order valence-corrected chi connectivity index (χ3v) is 3.63. The van der Waals surface area contributed by atoms with Gasteiger partial charge in [-0.05, 0) is 29.3 Å². The lowest BCUT2D eigenvalue weighted by Crippen LogP contribution is -2.07. The second-order valence-corrected chi connectivity index (χ2v) is 5.51. The first-order valence-electron chi connectivity index (χ1n) is 7.92. The summed E-state index contributed by atoms with van der Waals surface area (Å²) in [6, 6.07) is 17.5. The maximum absolute atomic E-state index is 12.0. The van der Waals surface area contributed by atoms with Crippen LogP contribution in [0.4, 0.5) is 5.69 Å². The molecule has 5 nitrogen and oxygen atoms in total. The van der Waals surface area contributed by atoms with Crippen LogP contribution in [0, 0.1) is 0 Å². The summed E-state index contributed by atoms with van der Waals surface area (Å²) in [4.78, 5) is 12.0. The average Bonchev–Trinajstić information content (AvgIpc) is 3.08. The summed E-state index contributed by atoms with van der Waals surface area (Å²) >= 11 is 0. The highest BCUT2D eigenvalue weighted by molar-refractivity contribution is 6.01. The Hall–Kier alpha value is -3.34. The van der Waals surface area contributed by atoms with E-state index in [4.69, 9.17) is 4.74 Å². The number of carbonyl (C=O) groups excluding carboxylic acids is 1. The Morgan fingerprint density at radius 1 is 1.16 bits per heavy atom. The fourth-order valence-corrected chi connectivity index (χ4v) is 2.36. The second kappa shape index (κ2) is 7.97. The first-order valence-corrected chi connectivity index (χ1v) is 7.92. The fourth-order valence-electron chi connectivity index (χ4n) is 2.36. The molecule has 2 aromatic carbocycles. The van der Waals surface area contributed by atoms with Crippen molar-refractivity contribution in [2.75, 3.05) is 12.4 Å². The van der Waals surface area contributed by atoms with Crippen molar-refractivity contribution in [1.82, 2.24) is 9.78 Å². The third-order valence-electron chi connectivity index (χ3n) is 3.63. The molecule has 126 valence electrons. The first kappa shape index (κ1) is 16.5. The molecule has 0 radical (unpaired) electrons. The molecule has 0 aliphatic carbocycles. The summed E-state index contributed by atoms with van der Waals surface area (Å²) < 4.78 is 6.90. The fraction of sp³-hybridized carbons (Fsp3) is 0.100. The van der Waals surface area contributed by atoms with E-state index in [-0.39, 0.29) is 5.91 Å². The van der Waals surface area contributed by atoms with Crippen molar-refractivity contribution >= 4 is 17.7 Å². The van der Waals surface area contributed by atoms with Crippen molar-refractivity contribution in [3.8, 4) is 5.75 Å². The molecular weight excluding hydrogens is 314 g/mol. The summed E-state index contributed by atoms with van der Waals surface area (Å²) in [6.45, 7) is 0.665. The Morgan fingerprint density at radius 2 is 1.92 bits per heavy atom. The van der Waals surface area contributed by atoms with Crippen molar-refractivity contribution in [3.63, 3.8) is 0 Å². The van der Waals surface area contributed by atoms with E-state index in [9.17, 15) is 4.79 Å². The van der Waals surface area contributed by atoms with Crippen LogP contribution >= 0.6 is 0 Å². The van der Waals surface area contributed by atoms with Gasteiger partial charge in [0.2, 0.25) is 5.91 Å². The van der Waals surface area contributed by atoms with Gasteiger partial charge in [0.15, 0.2) is 0 Å². The van der Waals surface area contributed by atoms with Crippen molar-refractivity contribution < 1.29 is 9.53 Å². The van der Waals surface area contributed by atoms with Crippen LogP contribution in [-0.2, 0) is 11.3 Å². The lowest BCUT2D eigenvalue weighted by atomic mass is 10.2. The van der Waals surface area contributed by atoms with Crippen molar-refractivity contribution in [3.05, 3.63) is 84.2 Å². The van der Waals surface area contributed by atoms with E-state index in [0.717, 1.165) is 16.9 Å². The zero-order valence-corrected chi connectivity index (χ0v) is 13.9. The third kappa shape index (κ3) is 4.81. The molecular formula is C20H19N3O2. The van der Waals surface area contributed by atoms with Crippen molar-refractivity contribution in [2.45, 2.75) is 6.54 Å². The predicted octanol–water partition coefficient (Wildman–Crippen LogP) is 3.59. The molecule has 0 saturated heterocycles. The lowest BCUT2D eigenvalue weighted by molar-refractivity contribution is -0.111. The predicted molar refractivity (Wildman–Crippen MR) is 98.4 cm³/mol. The van der Waals surface area contributed by atoms with E-state index >= 15 is 0 Å². The molecule has 0 atom stereocenters. The molecule has 0 unspecified atom stereocenters. The van der Waals surface area contributed by atoms with Gasteiger partial charge in [0, 0.05) is 12.3 Å². The van der Waals surface area contributed by atoms with Crippen LogP contribution in [0.3, 0.4) is 0 Å². The van der Waals surface area contributed by atoms with E-state index in [1.54, 1.807) is 24.1 Å². The lowest BCUT2D eigenvalue weighted by Gasteiger charge is -2.01. The topological polar surface area (TPSA) is 56.1 Å². The summed E-state index contributed by atoms with van der Waals surface area (Å²) in [5.41, 5.74) is 2.75. The van der Waals surface area contributed by atoms with E-state index in [1.165, 1.54) is 6.08 Å². The number of rotatable bonds is 6. The molecule has 0 aliphatic rings. The first-order chi connectivity index (χ1) is 12.2. The highest BCUT2D eigenvalue weighted by Crippen LogP contribution is 2.13. The minimum atomic E-state index is -0.199. The molecule has 3 rings (SSSR count). The zero-order valence-electron chi connectivity index (χ0n) is 13.9. The quantitative estimate of drug-likeness (QED) is 0.701. The molecule has 0 saturated carbocycles. The number of anilines is 1. The van der Waals surface area contributed by atoms with Crippen LogP contribution in [0.25, 0.3) is 6.08 Å². The number of nitrogens with one attached hydrogen (secondary N) is 1. The largest absolute Gasteiger partial charge is 0.497 e. The molecule has 25 heavy (non-hydrogen) atoms. The normalized spacial score (nSPS) is 10.8. The van der Waals surface area contributed by atoms with Gasteiger partial charge in [-0.25, -0.2) is 0 Å². The van der Waals surface area contributed by atoms with E-state index in [1.807, 2.05) is 60.8 Å². The van der Waals surface area contributed by atoms with Gasteiger partial charge in [0.1, 0.15) is 5.75 Å². The number of hydrogen-bond donors (Lipinski definition) is 1. The Labute approximate surface area is 146 Å². The van der Waals surface area contributed by atoms with E-state index in [2.05, 4.69) is 10.4 Å². The molecule has 0 aliphatic heterocycles. The van der Waals surface area contributed by atoms with Gasteiger partial charge in [0.05, 0.1) is 25.5 Å². The number of methoxy groups -OCH3 is 1. The number of ether oxygens (including phenoxy) is 1. The Morgan fingerprint density at radius 3 is 2.64 bits per heavy atom. The molecule has 0 bridgehead atoms. The van der Waals surface area contributed by atoms with Crippen LogP contribution in [0.5, 0.6) is 5.75 Å². The van der Waals surface area contributed by atoms with Gasteiger partial charge in [-0.15, -0.1) is 0 Å². The van der Waals surface area contributed by atoms with Gasteiger partial charge in [-0.3, -0.25) is 9.48 Å². The Balaban J connectivity index is 1.56. The van der Waals surface area contributed by atoms with Crippen molar-refractivity contribution in [1.29, 1.82) is 0 Å². The monoisotopic (exact) mass is 333 g/mol. The Bertz CT molecular complexity index is 852. The second-order valence-electron chi connectivity index (χ2n) is 5.51. The van der Waals surface area contributed by atoms with Crippen LogP contribution < -0.4 is 10.1 Å². The van der Waals surface area contributed by atoms with Gasteiger partial charge in [-0.2, -0.15) is 5.10 Å². The van der Waals surface area contributed by atoms with Crippen molar-refractivity contribution in [2.24, 2.45) is 0 Å². The number of aromatic nitrogens is 2. The molecule has 1 heterocycles. The summed E-state index contributed by atoms with van der Waals surface area (Å²) in [7, 11) is 1.62. The molecule has 1 aromatic heterocycles. The SMILES string of the molecule is COc1ccc(/C=C/C(=O)Nc2cnn(Cc3ccccc3)c2)cc1. The molecule has 1 amide bonds. The zero-order chi connectivity index (χ0) is 17.5. The van der Waals surface area contributed by atoms with Crippen LogP contribution in [-0.4, -0.2) is 22.8 Å². The smallest absolute Gasteiger partial charge is 0.248 e. The van der Waals surface area contributed by atoms with E-state index in [0.29, 0.717) is 12.2 Å². The highest BCUT2D eigenvalue weighted by atomic mass is 16.5. The molecule has 3 aromatic rings. The Kier molecular flexibility index (Phi) is 5.26. The minimum Gasteiger partial charge on any atom is -0.497 e. The van der Waals surface area contributed by atoms with Gasteiger partial charge in [0.25, 0.3) is 0 Å². The highest BCUT2D eigenvalue weighted by Gasteiger charge is 2.02. The van der Waals surface area contributed by atoms with Crippen LogP contribution in [0.15, 0.2) is 73.1 Å². The van der Waals surface area contributed by atoms with Crippen LogP contribution in [0.1, 0.15) is 11.1 Å². The maximum Gasteiger partial charge on any atom is 0.248 e. The molecule has 0 fully saturated rings. The number of benzene rings is 2. The van der Waals surface area contributed by atoms with Gasteiger partial charge in [-0.1, -0.05) is 42.5 Å². The van der Waals surface area contributed by atoms with Crippen LogP contribution in [0.2, 0.25) is 0 Å². The summed E-state index contributed by atoms with van der Waals surface area (Å²) in [5.74, 6) is 0.586. The number of carbonyl (C=O) groups is 1. The summed E-state index contributed by atoms with van der Waals surface area (Å²) in [5, 5.41) is 7.07. The number of amides is 1. The summed E-state index contributed by atoms with van der Waals surface area (Å²) in [6.07, 6.45) is 6.70. The maximum atomic E-state index is 12.0. The standard InChI is InChI=1S/C20H19N3O2/c1-25-19-10-7-16(8-11-19)9-12-20(24)22-18-13-21-23(15-18)14-17-5-3-2-4-6-17/h2-13,15H,14H2,1H3,(H,22,24)/b12-9+. The molecule has 0 spiro atoms. The van der Waals surface area contributed by atoms with Gasteiger partial charge < -0.3 is 10.1 Å². The molecule has 1 N–H and O–H groups in total. The minimum absolute atomic E-state index is 0.199. The average molecular weight is 333 g/mol.